The molecule has 2 heterocycles. The summed E-state index contributed by atoms with van der Waals surface area (Å²) in [4.78, 5) is 14.3. The topological polar surface area (TPSA) is 38.8 Å². The molecule has 22 heavy (non-hydrogen) atoms. The van der Waals surface area contributed by atoms with E-state index in [1.807, 2.05) is 17.0 Å². The number of carbonyl (C=O) groups is 1. The highest BCUT2D eigenvalue weighted by molar-refractivity contribution is 5.81. The summed E-state index contributed by atoms with van der Waals surface area (Å²) in [6.45, 7) is 5.21. The van der Waals surface area contributed by atoms with Crippen molar-refractivity contribution in [2.24, 2.45) is 5.92 Å². The Labute approximate surface area is 132 Å². The smallest absolute Gasteiger partial charge is 0.251 e. The van der Waals surface area contributed by atoms with Crippen LogP contribution in [-0.2, 0) is 9.53 Å². The van der Waals surface area contributed by atoms with Crippen LogP contribution in [0.5, 0.6) is 5.75 Å². The predicted molar refractivity (Wildman–Crippen MR) is 85.0 cm³/mol. The van der Waals surface area contributed by atoms with Gasteiger partial charge in [0, 0.05) is 19.7 Å². The fourth-order valence-corrected chi connectivity index (χ4v) is 3.22. The van der Waals surface area contributed by atoms with Crippen LogP contribution in [0.1, 0.15) is 31.2 Å². The number of hydrogen-bond acceptors (Lipinski definition) is 3. The molecule has 1 aromatic carbocycles. The summed E-state index contributed by atoms with van der Waals surface area (Å²) in [5.74, 6) is 1.67. The maximum absolute atomic E-state index is 12.3. The summed E-state index contributed by atoms with van der Waals surface area (Å²) in [5, 5.41) is 0. The third-order valence-corrected chi connectivity index (χ3v) is 4.61. The summed E-state index contributed by atoms with van der Waals surface area (Å²) < 4.78 is 11.4. The van der Waals surface area contributed by atoms with Crippen LogP contribution >= 0.6 is 0 Å². The van der Waals surface area contributed by atoms with Crippen LogP contribution in [0.15, 0.2) is 24.3 Å². The number of aryl methyl sites for hydroxylation is 1. The number of benzene rings is 1. The molecular weight excluding hydrogens is 278 g/mol. The van der Waals surface area contributed by atoms with Crippen molar-refractivity contribution in [2.45, 2.75) is 38.7 Å². The van der Waals surface area contributed by atoms with Crippen molar-refractivity contribution in [3.8, 4) is 5.75 Å². The van der Waals surface area contributed by atoms with Crippen molar-refractivity contribution >= 4 is 5.91 Å². The molecule has 1 amide bonds. The SMILES string of the molecule is Cc1cccc(OCC2CCN(C(=O)C3CCCO3)CC2)c1. The van der Waals surface area contributed by atoms with Crippen LogP contribution in [0.25, 0.3) is 0 Å². The van der Waals surface area contributed by atoms with Gasteiger partial charge in [0.1, 0.15) is 11.9 Å². The molecule has 1 atom stereocenters. The van der Waals surface area contributed by atoms with Crippen LogP contribution in [0.3, 0.4) is 0 Å². The molecule has 0 N–H and O–H groups in total. The monoisotopic (exact) mass is 303 g/mol. The van der Waals surface area contributed by atoms with Gasteiger partial charge in [-0.05, 0) is 56.2 Å². The first-order valence-corrected chi connectivity index (χ1v) is 8.32. The van der Waals surface area contributed by atoms with Crippen molar-refractivity contribution in [2.75, 3.05) is 26.3 Å². The van der Waals surface area contributed by atoms with E-state index in [0.717, 1.165) is 57.7 Å². The molecule has 4 heteroatoms. The molecule has 120 valence electrons. The summed E-state index contributed by atoms with van der Waals surface area (Å²) in [6, 6.07) is 8.16. The first-order chi connectivity index (χ1) is 10.7. The van der Waals surface area contributed by atoms with E-state index in [9.17, 15) is 4.79 Å². The Morgan fingerprint density at radius 3 is 2.82 bits per heavy atom. The highest BCUT2D eigenvalue weighted by Gasteiger charge is 2.30. The molecule has 0 radical (unpaired) electrons. The van der Waals surface area contributed by atoms with Gasteiger partial charge in [0.2, 0.25) is 0 Å². The van der Waals surface area contributed by atoms with Gasteiger partial charge >= 0.3 is 0 Å². The zero-order valence-corrected chi connectivity index (χ0v) is 13.3. The second-order valence-electron chi connectivity index (χ2n) is 6.40. The van der Waals surface area contributed by atoms with E-state index in [1.165, 1.54) is 5.56 Å². The summed E-state index contributed by atoms with van der Waals surface area (Å²) in [5.41, 5.74) is 1.22. The fraction of sp³-hybridized carbons (Fsp3) is 0.611. The van der Waals surface area contributed by atoms with Gasteiger partial charge in [0.15, 0.2) is 0 Å². The standard InChI is InChI=1S/C18H25NO3/c1-14-4-2-5-16(12-14)22-13-15-7-9-19(10-8-15)18(20)17-6-3-11-21-17/h2,4-5,12,15,17H,3,6-11,13H2,1H3. The van der Waals surface area contributed by atoms with E-state index in [2.05, 4.69) is 19.1 Å². The van der Waals surface area contributed by atoms with Gasteiger partial charge < -0.3 is 14.4 Å². The molecule has 4 nitrogen and oxygen atoms in total. The van der Waals surface area contributed by atoms with Gasteiger partial charge in [-0.25, -0.2) is 0 Å². The molecule has 0 spiro atoms. The van der Waals surface area contributed by atoms with Crippen LogP contribution in [0, 0.1) is 12.8 Å². The van der Waals surface area contributed by atoms with Gasteiger partial charge in [-0.2, -0.15) is 0 Å². The van der Waals surface area contributed by atoms with Crippen molar-refractivity contribution < 1.29 is 14.3 Å². The van der Waals surface area contributed by atoms with E-state index in [1.54, 1.807) is 0 Å². The molecule has 2 saturated heterocycles. The lowest BCUT2D eigenvalue weighted by Crippen LogP contribution is -2.44. The van der Waals surface area contributed by atoms with Gasteiger partial charge in [-0.3, -0.25) is 4.79 Å². The second kappa shape index (κ2) is 7.14. The van der Waals surface area contributed by atoms with Crippen molar-refractivity contribution in [1.82, 2.24) is 4.90 Å². The first-order valence-electron chi connectivity index (χ1n) is 8.32. The molecule has 2 aliphatic heterocycles. The highest BCUT2D eigenvalue weighted by Crippen LogP contribution is 2.22. The molecule has 1 unspecified atom stereocenters. The van der Waals surface area contributed by atoms with Crippen molar-refractivity contribution in [3.63, 3.8) is 0 Å². The zero-order chi connectivity index (χ0) is 15.4. The van der Waals surface area contributed by atoms with E-state index >= 15 is 0 Å². The molecular formula is C18H25NO3. The molecule has 0 aliphatic carbocycles. The largest absolute Gasteiger partial charge is 0.493 e. The Kier molecular flexibility index (Phi) is 4.98. The minimum atomic E-state index is -0.180. The van der Waals surface area contributed by atoms with Crippen LogP contribution in [-0.4, -0.2) is 43.2 Å². The van der Waals surface area contributed by atoms with Gasteiger partial charge in [-0.1, -0.05) is 12.1 Å². The average molecular weight is 303 g/mol. The third-order valence-electron chi connectivity index (χ3n) is 4.61. The van der Waals surface area contributed by atoms with Gasteiger partial charge in [-0.15, -0.1) is 0 Å². The average Bonchev–Trinajstić information content (AvgIpc) is 3.07. The van der Waals surface area contributed by atoms with E-state index in [-0.39, 0.29) is 12.0 Å². The Morgan fingerprint density at radius 2 is 2.14 bits per heavy atom. The molecule has 2 fully saturated rings. The van der Waals surface area contributed by atoms with Crippen LogP contribution in [0.4, 0.5) is 0 Å². The normalized spacial score (nSPS) is 22.8. The Balaban J connectivity index is 1.42. The molecule has 0 saturated carbocycles. The number of carbonyl (C=O) groups excluding carboxylic acids is 1. The third kappa shape index (κ3) is 3.80. The van der Waals surface area contributed by atoms with Crippen molar-refractivity contribution in [3.05, 3.63) is 29.8 Å². The quantitative estimate of drug-likeness (QED) is 0.858. The molecule has 2 aliphatic rings. The number of nitrogens with zero attached hydrogens (tertiary/aromatic N) is 1. The number of likely N-dealkylation sites (tertiary alicyclic amines) is 1. The maximum atomic E-state index is 12.3. The van der Waals surface area contributed by atoms with Gasteiger partial charge in [0.05, 0.1) is 6.61 Å². The minimum absolute atomic E-state index is 0.180. The number of piperidine rings is 1. The van der Waals surface area contributed by atoms with Crippen LogP contribution in [0.2, 0.25) is 0 Å². The summed E-state index contributed by atoms with van der Waals surface area (Å²) in [7, 11) is 0. The Morgan fingerprint density at radius 1 is 1.32 bits per heavy atom. The lowest BCUT2D eigenvalue weighted by Gasteiger charge is -2.33. The lowest BCUT2D eigenvalue weighted by atomic mass is 9.97. The molecule has 0 aromatic heterocycles. The Bertz CT molecular complexity index is 503. The van der Waals surface area contributed by atoms with E-state index in [4.69, 9.17) is 9.47 Å². The number of rotatable bonds is 4. The van der Waals surface area contributed by atoms with Gasteiger partial charge in [0.25, 0.3) is 5.91 Å². The first kappa shape index (κ1) is 15.3. The summed E-state index contributed by atoms with van der Waals surface area (Å²) >= 11 is 0. The predicted octanol–water partition coefficient (Wildman–Crippen LogP) is 2.79. The molecule has 3 rings (SSSR count). The molecule has 0 bridgehead atoms. The molecule has 1 aromatic rings. The lowest BCUT2D eigenvalue weighted by molar-refractivity contribution is -0.142. The Hall–Kier alpha value is -1.55. The second-order valence-corrected chi connectivity index (χ2v) is 6.40. The van der Waals surface area contributed by atoms with Crippen LogP contribution < -0.4 is 4.74 Å². The zero-order valence-electron chi connectivity index (χ0n) is 13.3. The summed E-state index contributed by atoms with van der Waals surface area (Å²) in [6.07, 6.45) is 3.75. The number of ether oxygens (including phenoxy) is 2. The van der Waals surface area contributed by atoms with Crippen molar-refractivity contribution in [1.29, 1.82) is 0 Å². The fourth-order valence-electron chi connectivity index (χ4n) is 3.22. The maximum Gasteiger partial charge on any atom is 0.251 e. The number of hydrogen-bond donors (Lipinski definition) is 0. The minimum Gasteiger partial charge on any atom is -0.493 e. The van der Waals surface area contributed by atoms with E-state index in [0.29, 0.717) is 5.92 Å². The van der Waals surface area contributed by atoms with E-state index < -0.39 is 0 Å². The highest BCUT2D eigenvalue weighted by atomic mass is 16.5. The number of amides is 1.